The van der Waals surface area contributed by atoms with E-state index in [0.717, 1.165) is 23.1 Å². The lowest BCUT2D eigenvalue weighted by Crippen LogP contribution is -2.33. The van der Waals surface area contributed by atoms with Gasteiger partial charge in [-0.15, -0.1) is 0 Å². The molecule has 0 saturated carbocycles. The Labute approximate surface area is 146 Å². The van der Waals surface area contributed by atoms with Crippen molar-refractivity contribution < 1.29 is 9.53 Å². The number of aromatic nitrogens is 1. The summed E-state index contributed by atoms with van der Waals surface area (Å²) in [5, 5.41) is 13.7. The molecule has 5 nitrogen and oxygen atoms in total. The van der Waals surface area contributed by atoms with Crippen molar-refractivity contribution >= 4 is 28.6 Å². The number of amides is 1. The molecule has 1 aromatic carbocycles. The van der Waals surface area contributed by atoms with Crippen LogP contribution in [0.3, 0.4) is 0 Å². The first-order chi connectivity index (χ1) is 11.6. The highest BCUT2D eigenvalue weighted by molar-refractivity contribution is 8.00. The van der Waals surface area contributed by atoms with Crippen LogP contribution in [0, 0.1) is 11.3 Å². The maximum absolute atomic E-state index is 11.9. The lowest BCUT2D eigenvalue weighted by atomic mass is 10.1. The Morgan fingerprint density at radius 2 is 2.21 bits per heavy atom. The minimum absolute atomic E-state index is 0.0526. The molecular formula is C18H21N3O2S. The molecule has 1 heterocycles. The quantitative estimate of drug-likeness (QED) is 0.779. The number of benzene rings is 1. The van der Waals surface area contributed by atoms with Gasteiger partial charge >= 0.3 is 0 Å². The number of thioether (sulfide) groups is 1. The summed E-state index contributed by atoms with van der Waals surface area (Å²) in [6, 6.07) is 9.70. The molecule has 126 valence electrons. The second-order valence-electron chi connectivity index (χ2n) is 5.41. The van der Waals surface area contributed by atoms with Gasteiger partial charge in [-0.3, -0.25) is 4.79 Å². The molecule has 0 fully saturated rings. The van der Waals surface area contributed by atoms with E-state index >= 15 is 0 Å². The summed E-state index contributed by atoms with van der Waals surface area (Å²) in [5.41, 5.74) is 1.23. The first-order valence-electron chi connectivity index (χ1n) is 7.97. The third-order valence-corrected chi connectivity index (χ3v) is 4.54. The number of nitriles is 1. The number of hydrogen-bond acceptors (Lipinski definition) is 5. The number of nitrogens with zero attached hydrogens (tertiary/aromatic N) is 2. The van der Waals surface area contributed by atoms with Crippen LogP contribution in [0.25, 0.3) is 10.9 Å². The number of carbonyl (C=O) groups is 1. The van der Waals surface area contributed by atoms with Crippen molar-refractivity contribution in [2.75, 3.05) is 12.4 Å². The Morgan fingerprint density at radius 3 is 2.88 bits per heavy atom. The highest BCUT2D eigenvalue weighted by atomic mass is 32.2. The van der Waals surface area contributed by atoms with Gasteiger partial charge in [0.05, 0.1) is 23.4 Å². The Morgan fingerprint density at radius 1 is 1.42 bits per heavy atom. The number of pyridine rings is 1. The van der Waals surface area contributed by atoms with Crippen LogP contribution in [-0.4, -0.2) is 29.3 Å². The minimum Gasteiger partial charge on any atom is -0.494 e. The van der Waals surface area contributed by atoms with Crippen molar-refractivity contribution in [2.45, 2.75) is 38.3 Å². The lowest BCUT2D eigenvalue weighted by molar-refractivity contribution is -0.119. The fraction of sp³-hybridized carbons (Fsp3) is 0.389. The molecule has 1 atom stereocenters. The van der Waals surface area contributed by atoms with Crippen LogP contribution in [0.5, 0.6) is 5.75 Å². The largest absolute Gasteiger partial charge is 0.494 e. The average molecular weight is 343 g/mol. The molecule has 0 unspecified atom stereocenters. The van der Waals surface area contributed by atoms with Gasteiger partial charge in [-0.2, -0.15) is 5.26 Å². The van der Waals surface area contributed by atoms with Crippen LogP contribution < -0.4 is 10.1 Å². The third-order valence-electron chi connectivity index (χ3n) is 3.55. The minimum atomic E-state index is -0.0526. The average Bonchev–Trinajstić information content (AvgIpc) is 2.59. The van der Waals surface area contributed by atoms with Crippen LogP contribution in [0.4, 0.5) is 0 Å². The van der Waals surface area contributed by atoms with Gasteiger partial charge < -0.3 is 10.1 Å². The molecule has 0 bridgehead atoms. The van der Waals surface area contributed by atoms with E-state index in [9.17, 15) is 10.1 Å². The van der Waals surface area contributed by atoms with Crippen molar-refractivity contribution in [1.29, 1.82) is 5.26 Å². The van der Waals surface area contributed by atoms with Gasteiger partial charge in [0.25, 0.3) is 0 Å². The normalized spacial score (nSPS) is 11.8. The van der Waals surface area contributed by atoms with Gasteiger partial charge in [0, 0.05) is 17.5 Å². The molecular weight excluding hydrogens is 322 g/mol. The fourth-order valence-corrected chi connectivity index (χ4v) is 2.90. The van der Waals surface area contributed by atoms with Crippen molar-refractivity contribution in [3.63, 3.8) is 0 Å². The number of fused-ring (bicyclic) bond motifs is 1. The second-order valence-corrected chi connectivity index (χ2v) is 6.37. The zero-order chi connectivity index (χ0) is 17.5. The van der Waals surface area contributed by atoms with Crippen LogP contribution >= 0.6 is 11.8 Å². The maximum Gasteiger partial charge on any atom is 0.230 e. The lowest BCUT2D eigenvalue weighted by Gasteiger charge is -2.11. The van der Waals surface area contributed by atoms with Crippen molar-refractivity contribution in [1.82, 2.24) is 10.3 Å². The molecule has 2 rings (SSSR count). The zero-order valence-electron chi connectivity index (χ0n) is 14.1. The smallest absolute Gasteiger partial charge is 0.230 e. The molecule has 2 aromatic rings. The van der Waals surface area contributed by atoms with E-state index in [1.54, 1.807) is 6.07 Å². The number of rotatable bonds is 7. The van der Waals surface area contributed by atoms with E-state index in [0.29, 0.717) is 17.2 Å². The third kappa shape index (κ3) is 4.62. The molecule has 0 aliphatic rings. The number of ether oxygens (including phenoxy) is 1. The van der Waals surface area contributed by atoms with E-state index in [-0.39, 0.29) is 17.7 Å². The van der Waals surface area contributed by atoms with Crippen LogP contribution in [0.15, 0.2) is 29.3 Å². The molecule has 0 saturated heterocycles. The Bertz CT molecular complexity index is 771. The molecule has 1 aromatic heterocycles. The van der Waals surface area contributed by atoms with Gasteiger partial charge in [-0.1, -0.05) is 18.7 Å². The highest BCUT2D eigenvalue weighted by Crippen LogP contribution is 2.27. The second kappa shape index (κ2) is 8.55. The molecule has 1 amide bonds. The monoisotopic (exact) mass is 343 g/mol. The van der Waals surface area contributed by atoms with Gasteiger partial charge in [0.1, 0.15) is 16.8 Å². The number of hydrogen-bond donors (Lipinski definition) is 1. The van der Waals surface area contributed by atoms with E-state index in [1.807, 2.05) is 39.0 Å². The van der Waals surface area contributed by atoms with Gasteiger partial charge in [0.15, 0.2) is 0 Å². The van der Waals surface area contributed by atoms with Gasteiger partial charge in [-0.25, -0.2) is 4.98 Å². The Balaban J connectivity index is 2.21. The molecule has 0 radical (unpaired) electrons. The predicted molar refractivity (Wildman–Crippen MR) is 96.2 cm³/mol. The van der Waals surface area contributed by atoms with E-state index in [1.165, 1.54) is 11.8 Å². The molecule has 0 aliphatic heterocycles. The summed E-state index contributed by atoms with van der Waals surface area (Å²) < 4.78 is 5.49. The molecule has 0 spiro atoms. The van der Waals surface area contributed by atoms with E-state index in [2.05, 4.69) is 16.4 Å². The molecule has 6 heteroatoms. The summed E-state index contributed by atoms with van der Waals surface area (Å²) in [7, 11) is 0. The first kappa shape index (κ1) is 18.1. The summed E-state index contributed by atoms with van der Waals surface area (Å²) in [6.07, 6.45) is 0.883. The Kier molecular flexibility index (Phi) is 6.44. The van der Waals surface area contributed by atoms with Crippen LogP contribution in [-0.2, 0) is 4.79 Å². The molecule has 1 N–H and O–H groups in total. The summed E-state index contributed by atoms with van der Waals surface area (Å²) in [6.45, 7) is 6.49. The van der Waals surface area contributed by atoms with Gasteiger partial charge in [0.2, 0.25) is 5.91 Å². The van der Waals surface area contributed by atoms with Crippen molar-refractivity contribution in [3.8, 4) is 11.8 Å². The SMILES string of the molecule is CCOc1ccc2cc(C#N)c(SCC(=O)N[C@H](C)CC)nc2c1. The standard InChI is InChI=1S/C18H21N3O2S/c1-4-12(3)20-17(22)11-24-18-14(10-19)8-13-6-7-15(23-5-2)9-16(13)21-18/h6-9,12H,4-5,11H2,1-3H3,(H,20,22)/t12-/m1/s1. The van der Waals surface area contributed by atoms with E-state index < -0.39 is 0 Å². The Hall–Kier alpha value is -2.26. The fourth-order valence-electron chi connectivity index (χ4n) is 2.13. The van der Waals surface area contributed by atoms with Gasteiger partial charge in [-0.05, 0) is 38.5 Å². The predicted octanol–water partition coefficient (Wildman–Crippen LogP) is 3.51. The van der Waals surface area contributed by atoms with Crippen LogP contribution in [0.2, 0.25) is 0 Å². The topological polar surface area (TPSA) is 75.0 Å². The number of nitrogens with one attached hydrogen (secondary N) is 1. The molecule has 24 heavy (non-hydrogen) atoms. The van der Waals surface area contributed by atoms with Crippen LogP contribution in [0.1, 0.15) is 32.8 Å². The summed E-state index contributed by atoms with van der Waals surface area (Å²) >= 11 is 1.28. The summed E-state index contributed by atoms with van der Waals surface area (Å²) in [4.78, 5) is 16.5. The molecule has 0 aliphatic carbocycles. The van der Waals surface area contributed by atoms with Crippen molar-refractivity contribution in [3.05, 3.63) is 29.8 Å². The zero-order valence-corrected chi connectivity index (χ0v) is 14.9. The summed E-state index contributed by atoms with van der Waals surface area (Å²) in [5.74, 6) is 0.929. The number of carbonyl (C=O) groups excluding carboxylic acids is 1. The highest BCUT2D eigenvalue weighted by Gasteiger charge is 2.12. The van der Waals surface area contributed by atoms with E-state index in [4.69, 9.17) is 4.74 Å². The van der Waals surface area contributed by atoms with Crippen molar-refractivity contribution in [2.24, 2.45) is 0 Å². The first-order valence-corrected chi connectivity index (χ1v) is 8.95. The maximum atomic E-state index is 11.9.